The van der Waals surface area contributed by atoms with E-state index in [1.54, 1.807) is 18.2 Å². The Morgan fingerprint density at radius 1 is 1.11 bits per heavy atom. The third-order valence-corrected chi connectivity index (χ3v) is 4.16. The van der Waals surface area contributed by atoms with E-state index < -0.39 is 0 Å². The van der Waals surface area contributed by atoms with Gasteiger partial charge in [0.05, 0.1) is 30.5 Å². The molecule has 0 saturated carbocycles. The van der Waals surface area contributed by atoms with Gasteiger partial charge in [0.25, 0.3) is 5.91 Å². The molecule has 3 aromatic rings. The van der Waals surface area contributed by atoms with Crippen LogP contribution in [-0.2, 0) is 0 Å². The zero-order chi connectivity index (χ0) is 19.9. The second-order valence-electron chi connectivity index (χ2n) is 6.04. The first-order valence-electron chi connectivity index (χ1n) is 9.16. The van der Waals surface area contributed by atoms with Gasteiger partial charge in [-0.1, -0.05) is 18.2 Å². The highest BCUT2D eigenvalue weighted by Gasteiger charge is 2.17. The van der Waals surface area contributed by atoms with E-state index in [2.05, 4.69) is 20.8 Å². The number of rotatable bonds is 8. The zero-order valence-corrected chi connectivity index (χ0v) is 16.1. The van der Waals surface area contributed by atoms with Gasteiger partial charge >= 0.3 is 0 Å². The van der Waals surface area contributed by atoms with Crippen molar-refractivity contribution in [2.45, 2.75) is 26.8 Å². The van der Waals surface area contributed by atoms with Gasteiger partial charge in [-0.3, -0.25) is 4.79 Å². The van der Waals surface area contributed by atoms with Crippen molar-refractivity contribution in [3.8, 4) is 17.2 Å². The highest BCUT2D eigenvalue weighted by atomic mass is 16.5. The molecule has 0 spiro atoms. The Hall–Kier alpha value is -3.42. The van der Waals surface area contributed by atoms with Crippen molar-refractivity contribution in [3.05, 3.63) is 59.9 Å². The molecule has 146 valence electrons. The van der Waals surface area contributed by atoms with Gasteiger partial charge in [0.1, 0.15) is 6.33 Å². The van der Waals surface area contributed by atoms with E-state index in [1.807, 2.05) is 45.0 Å². The average Bonchev–Trinajstić information content (AvgIpc) is 3.24. The molecule has 2 aromatic carbocycles. The molecule has 1 unspecified atom stereocenters. The number of nitrogens with one attached hydrogen (secondary N) is 1. The minimum Gasteiger partial charge on any atom is -0.490 e. The minimum absolute atomic E-state index is 0.217. The molecule has 1 atom stereocenters. The molecule has 0 aliphatic carbocycles. The molecule has 0 saturated heterocycles. The monoisotopic (exact) mass is 381 g/mol. The molecular formula is C20H23N5O3. The zero-order valence-electron chi connectivity index (χ0n) is 16.1. The standard InChI is InChI=1S/C20H23N5O3/c1-4-27-18-11-10-15(12-19(18)28-5-2)14(3)22-20(26)16-8-6-7-9-17(16)25-13-21-23-24-25/h6-14H,4-5H2,1-3H3,(H,22,26). The Labute approximate surface area is 163 Å². The van der Waals surface area contributed by atoms with Gasteiger partial charge < -0.3 is 14.8 Å². The van der Waals surface area contributed by atoms with E-state index in [4.69, 9.17) is 9.47 Å². The van der Waals surface area contributed by atoms with Crippen molar-refractivity contribution in [1.82, 2.24) is 25.5 Å². The fourth-order valence-electron chi connectivity index (χ4n) is 2.83. The number of para-hydroxylation sites is 1. The summed E-state index contributed by atoms with van der Waals surface area (Å²) < 4.78 is 12.7. The van der Waals surface area contributed by atoms with E-state index in [0.29, 0.717) is 36.0 Å². The molecule has 28 heavy (non-hydrogen) atoms. The van der Waals surface area contributed by atoms with Gasteiger partial charge in [0.15, 0.2) is 11.5 Å². The summed E-state index contributed by atoms with van der Waals surface area (Å²) in [7, 11) is 0. The van der Waals surface area contributed by atoms with Crippen LogP contribution in [0.3, 0.4) is 0 Å². The maximum atomic E-state index is 12.9. The summed E-state index contributed by atoms with van der Waals surface area (Å²) >= 11 is 0. The van der Waals surface area contributed by atoms with Crippen LogP contribution in [0, 0.1) is 0 Å². The fourth-order valence-corrected chi connectivity index (χ4v) is 2.83. The minimum atomic E-state index is -0.232. The molecule has 0 aliphatic heterocycles. The van der Waals surface area contributed by atoms with Crippen LogP contribution in [0.15, 0.2) is 48.8 Å². The van der Waals surface area contributed by atoms with Crippen molar-refractivity contribution < 1.29 is 14.3 Å². The van der Waals surface area contributed by atoms with Crippen LogP contribution in [0.25, 0.3) is 5.69 Å². The molecule has 0 fully saturated rings. The first-order valence-corrected chi connectivity index (χ1v) is 9.16. The van der Waals surface area contributed by atoms with Crippen molar-refractivity contribution >= 4 is 5.91 Å². The average molecular weight is 381 g/mol. The van der Waals surface area contributed by atoms with Crippen molar-refractivity contribution in [3.63, 3.8) is 0 Å². The molecule has 1 N–H and O–H groups in total. The normalized spacial score (nSPS) is 11.7. The van der Waals surface area contributed by atoms with Crippen LogP contribution >= 0.6 is 0 Å². The lowest BCUT2D eigenvalue weighted by atomic mass is 10.1. The van der Waals surface area contributed by atoms with Crippen LogP contribution in [0.5, 0.6) is 11.5 Å². The summed E-state index contributed by atoms with van der Waals surface area (Å²) in [6.45, 7) is 6.85. The quantitative estimate of drug-likeness (QED) is 0.645. The van der Waals surface area contributed by atoms with Crippen molar-refractivity contribution in [2.75, 3.05) is 13.2 Å². The molecule has 1 aromatic heterocycles. The number of benzene rings is 2. The van der Waals surface area contributed by atoms with Crippen LogP contribution < -0.4 is 14.8 Å². The molecule has 1 heterocycles. The molecule has 0 bridgehead atoms. The Kier molecular flexibility index (Phi) is 6.21. The largest absolute Gasteiger partial charge is 0.490 e. The van der Waals surface area contributed by atoms with E-state index in [9.17, 15) is 4.79 Å². The number of nitrogens with zero attached hydrogens (tertiary/aromatic N) is 4. The molecule has 0 radical (unpaired) electrons. The first kappa shape index (κ1) is 19.3. The second-order valence-corrected chi connectivity index (χ2v) is 6.04. The third-order valence-electron chi connectivity index (χ3n) is 4.16. The van der Waals surface area contributed by atoms with Crippen molar-refractivity contribution in [2.24, 2.45) is 0 Å². The van der Waals surface area contributed by atoms with Crippen LogP contribution in [-0.4, -0.2) is 39.3 Å². The first-order chi connectivity index (χ1) is 13.6. The molecule has 8 nitrogen and oxygen atoms in total. The maximum Gasteiger partial charge on any atom is 0.253 e. The van der Waals surface area contributed by atoms with Gasteiger partial charge in [-0.2, -0.15) is 4.68 Å². The third kappa shape index (κ3) is 4.28. The summed E-state index contributed by atoms with van der Waals surface area (Å²) in [6.07, 6.45) is 1.45. The number of aromatic nitrogens is 4. The fraction of sp³-hybridized carbons (Fsp3) is 0.300. The number of hydrogen-bond acceptors (Lipinski definition) is 6. The molecule has 8 heteroatoms. The molecule has 3 rings (SSSR count). The molecule has 1 amide bonds. The number of carbonyl (C=O) groups excluding carboxylic acids is 1. The Morgan fingerprint density at radius 3 is 2.57 bits per heavy atom. The number of tetrazole rings is 1. The highest BCUT2D eigenvalue weighted by molar-refractivity contribution is 5.97. The smallest absolute Gasteiger partial charge is 0.253 e. The Balaban J connectivity index is 1.81. The van der Waals surface area contributed by atoms with Gasteiger partial charge in [-0.15, -0.1) is 5.10 Å². The number of ether oxygens (including phenoxy) is 2. The predicted molar refractivity (Wildman–Crippen MR) is 104 cm³/mol. The molecular weight excluding hydrogens is 358 g/mol. The van der Waals surface area contributed by atoms with Crippen LogP contribution in [0.4, 0.5) is 0 Å². The lowest BCUT2D eigenvalue weighted by Crippen LogP contribution is -2.27. The number of amides is 1. The summed E-state index contributed by atoms with van der Waals surface area (Å²) in [5, 5.41) is 14.2. The lowest BCUT2D eigenvalue weighted by Gasteiger charge is -2.18. The van der Waals surface area contributed by atoms with Gasteiger partial charge in [0.2, 0.25) is 0 Å². The summed E-state index contributed by atoms with van der Waals surface area (Å²) in [4.78, 5) is 12.9. The van der Waals surface area contributed by atoms with Gasteiger partial charge in [-0.05, 0) is 61.0 Å². The summed E-state index contributed by atoms with van der Waals surface area (Å²) in [5.41, 5.74) is 2.01. The van der Waals surface area contributed by atoms with Crippen molar-refractivity contribution in [1.29, 1.82) is 0 Å². The number of hydrogen-bond donors (Lipinski definition) is 1. The van der Waals surface area contributed by atoms with E-state index in [-0.39, 0.29) is 11.9 Å². The summed E-state index contributed by atoms with van der Waals surface area (Å²) in [5.74, 6) is 1.14. The topological polar surface area (TPSA) is 91.2 Å². The van der Waals surface area contributed by atoms with E-state index in [1.165, 1.54) is 11.0 Å². The Morgan fingerprint density at radius 2 is 1.86 bits per heavy atom. The predicted octanol–water partition coefficient (Wildman–Crippen LogP) is 2.95. The van der Waals surface area contributed by atoms with Gasteiger partial charge in [0, 0.05) is 0 Å². The lowest BCUT2D eigenvalue weighted by molar-refractivity contribution is 0.0939. The van der Waals surface area contributed by atoms with Gasteiger partial charge in [-0.25, -0.2) is 0 Å². The van der Waals surface area contributed by atoms with E-state index in [0.717, 1.165) is 5.56 Å². The second kappa shape index (κ2) is 8.98. The van der Waals surface area contributed by atoms with Crippen LogP contribution in [0.2, 0.25) is 0 Å². The SMILES string of the molecule is CCOc1ccc(C(C)NC(=O)c2ccccc2-n2cnnn2)cc1OCC. The maximum absolute atomic E-state index is 12.9. The van der Waals surface area contributed by atoms with Crippen LogP contribution in [0.1, 0.15) is 42.7 Å². The summed E-state index contributed by atoms with van der Waals surface area (Å²) in [6, 6.07) is 12.6. The van der Waals surface area contributed by atoms with E-state index >= 15 is 0 Å². The number of carbonyl (C=O) groups is 1. The Bertz CT molecular complexity index is 927. The highest BCUT2D eigenvalue weighted by Crippen LogP contribution is 2.31. The molecule has 0 aliphatic rings.